The maximum Gasteiger partial charge on any atom is 0.260 e. The Bertz CT molecular complexity index is 1370. The van der Waals surface area contributed by atoms with E-state index in [2.05, 4.69) is 21.1 Å². The third-order valence-corrected chi connectivity index (χ3v) is 5.89. The van der Waals surface area contributed by atoms with Crippen molar-refractivity contribution in [3.8, 4) is 6.07 Å². The summed E-state index contributed by atoms with van der Waals surface area (Å²) in [6, 6.07) is 17.2. The maximum atomic E-state index is 13.5. The second kappa shape index (κ2) is 7.99. The summed E-state index contributed by atoms with van der Waals surface area (Å²) in [5, 5.41) is 14.2. The van der Waals surface area contributed by atoms with Crippen LogP contribution in [0.4, 0.5) is 0 Å². The maximum absolute atomic E-state index is 13.5. The zero-order valence-corrected chi connectivity index (χ0v) is 17.5. The molecule has 0 bridgehead atoms. The molecule has 3 heterocycles. The van der Waals surface area contributed by atoms with Gasteiger partial charge in [0.15, 0.2) is 0 Å². The zero-order valence-electron chi connectivity index (χ0n) is 16.7. The minimum Gasteiger partial charge on any atom is -0.294 e. The van der Waals surface area contributed by atoms with Crippen LogP contribution < -0.4 is 5.56 Å². The number of benzene rings is 2. The molecule has 0 amide bonds. The summed E-state index contributed by atoms with van der Waals surface area (Å²) >= 11 is 6.00. The van der Waals surface area contributed by atoms with Crippen molar-refractivity contribution in [3.63, 3.8) is 0 Å². The van der Waals surface area contributed by atoms with Crippen molar-refractivity contribution in [3.05, 3.63) is 98.2 Å². The van der Waals surface area contributed by atoms with Gasteiger partial charge in [-0.05, 0) is 35.4 Å². The molecular weight excluding hydrogens is 412 g/mol. The number of nitriles is 1. The van der Waals surface area contributed by atoms with Crippen molar-refractivity contribution in [1.82, 2.24) is 24.1 Å². The van der Waals surface area contributed by atoms with Gasteiger partial charge in [0.25, 0.3) is 5.56 Å². The first-order valence-electron chi connectivity index (χ1n) is 10.0. The first kappa shape index (κ1) is 19.5. The van der Waals surface area contributed by atoms with Crippen LogP contribution in [0, 0.1) is 11.3 Å². The Kier molecular flexibility index (Phi) is 5.02. The Morgan fingerprint density at radius 1 is 1.10 bits per heavy atom. The molecule has 5 rings (SSSR count). The first-order valence-corrected chi connectivity index (χ1v) is 10.4. The van der Waals surface area contributed by atoms with Crippen LogP contribution in [0.15, 0.2) is 59.7 Å². The Morgan fingerprint density at radius 2 is 1.94 bits per heavy atom. The van der Waals surface area contributed by atoms with Gasteiger partial charge in [-0.2, -0.15) is 15.3 Å². The number of nitrogens with zero attached hydrogens (tertiary/aromatic N) is 6. The van der Waals surface area contributed by atoms with E-state index in [-0.39, 0.29) is 5.56 Å². The van der Waals surface area contributed by atoms with Crippen LogP contribution in [-0.4, -0.2) is 30.6 Å². The number of hydrogen-bond acceptors (Lipinski definition) is 5. The van der Waals surface area contributed by atoms with E-state index in [0.29, 0.717) is 42.4 Å². The van der Waals surface area contributed by atoms with Crippen LogP contribution in [0.25, 0.3) is 5.78 Å². The van der Waals surface area contributed by atoms with Gasteiger partial charge in [-0.1, -0.05) is 35.9 Å². The van der Waals surface area contributed by atoms with Gasteiger partial charge in [-0.25, -0.2) is 4.52 Å². The van der Waals surface area contributed by atoms with Crippen LogP contribution in [0.5, 0.6) is 0 Å². The summed E-state index contributed by atoms with van der Waals surface area (Å²) in [5.74, 6) is 0.550. The molecular formula is C23H19ClN6O. The van der Waals surface area contributed by atoms with Crippen LogP contribution in [0.2, 0.25) is 5.02 Å². The highest BCUT2D eigenvalue weighted by Crippen LogP contribution is 2.20. The predicted molar refractivity (Wildman–Crippen MR) is 117 cm³/mol. The number of hydrogen-bond donors (Lipinski definition) is 0. The van der Waals surface area contributed by atoms with Crippen molar-refractivity contribution in [1.29, 1.82) is 5.26 Å². The van der Waals surface area contributed by atoms with Crippen molar-refractivity contribution < 1.29 is 0 Å². The Morgan fingerprint density at radius 3 is 2.74 bits per heavy atom. The van der Waals surface area contributed by atoms with Crippen LogP contribution in [0.1, 0.15) is 27.9 Å². The molecule has 1 aliphatic heterocycles. The van der Waals surface area contributed by atoms with Crippen molar-refractivity contribution in [2.24, 2.45) is 0 Å². The summed E-state index contributed by atoms with van der Waals surface area (Å²) < 4.78 is 3.47. The minimum atomic E-state index is -0.0408. The van der Waals surface area contributed by atoms with Gasteiger partial charge in [-0.15, -0.1) is 0 Å². The molecule has 0 radical (unpaired) electrons. The third kappa shape index (κ3) is 3.72. The molecule has 0 atom stereocenters. The fourth-order valence-corrected chi connectivity index (χ4v) is 4.27. The van der Waals surface area contributed by atoms with Gasteiger partial charge in [0.2, 0.25) is 5.78 Å². The average Bonchev–Trinajstić information content (AvgIpc) is 3.28. The molecule has 0 spiro atoms. The molecule has 2 aromatic carbocycles. The second-order valence-electron chi connectivity index (χ2n) is 7.69. The van der Waals surface area contributed by atoms with E-state index in [0.717, 1.165) is 28.9 Å². The Hall–Kier alpha value is -3.47. The Labute approximate surface area is 183 Å². The third-order valence-electron chi connectivity index (χ3n) is 5.64. The molecule has 4 aromatic rings. The lowest BCUT2D eigenvalue weighted by Gasteiger charge is -2.29. The van der Waals surface area contributed by atoms with Crippen molar-refractivity contribution in [2.45, 2.75) is 26.1 Å². The normalized spacial score (nSPS) is 13.8. The predicted octanol–water partition coefficient (Wildman–Crippen LogP) is 3.02. The summed E-state index contributed by atoms with van der Waals surface area (Å²) in [6.07, 6.45) is 2.21. The molecule has 0 fully saturated rings. The van der Waals surface area contributed by atoms with Gasteiger partial charge in [-0.3, -0.25) is 14.3 Å². The molecule has 0 aliphatic carbocycles. The molecule has 31 heavy (non-hydrogen) atoms. The minimum absolute atomic E-state index is 0.0408. The number of rotatable bonds is 4. The van der Waals surface area contributed by atoms with E-state index in [1.54, 1.807) is 15.1 Å². The van der Waals surface area contributed by atoms with E-state index in [1.165, 1.54) is 6.33 Å². The van der Waals surface area contributed by atoms with Crippen LogP contribution in [0.3, 0.4) is 0 Å². The number of halogens is 1. The molecule has 7 nitrogen and oxygen atoms in total. The second-order valence-corrected chi connectivity index (χ2v) is 8.12. The lowest BCUT2D eigenvalue weighted by Crippen LogP contribution is -2.39. The fraction of sp³-hybridized carbons (Fsp3) is 0.217. The molecule has 2 aromatic heterocycles. The zero-order chi connectivity index (χ0) is 21.4. The van der Waals surface area contributed by atoms with Crippen molar-refractivity contribution in [2.75, 3.05) is 6.54 Å². The molecule has 0 unspecified atom stereocenters. The Balaban J connectivity index is 1.50. The quantitative estimate of drug-likeness (QED) is 0.497. The van der Waals surface area contributed by atoms with Gasteiger partial charge in [0.05, 0.1) is 29.4 Å². The average molecular weight is 431 g/mol. The summed E-state index contributed by atoms with van der Waals surface area (Å²) in [7, 11) is 0. The molecule has 8 heteroatoms. The van der Waals surface area contributed by atoms with E-state index in [1.807, 2.05) is 42.5 Å². The monoisotopic (exact) mass is 430 g/mol. The topological polar surface area (TPSA) is 79.2 Å². The first-order chi connectivity index (χ1) is 15.1. The van der Waals surface area contributed by atoms with E-state index in [4.69, 9.17) is 16.9 Å². The number of fused-ring (bicyclic) bond motifs is 3. The molecule has 0 saturated heterocycles. The van der Waals surface area contributed by atoms with Gasteiger partial charge in [0.1, 0.15) is 6.33 Å². The molecule has 1 aliphatic rings. The van der Waals surface area contributed by atoms with E-state index >= 15 is 0 Å². The standard InChI is InChI=1S/C23H19ClN6O/c24-19-6-4-16(5-7-19)13-29-22(31)20-14-28(12-18-3-1-2-17(10-18)11-25)9-8-21(20)30-23(29)26-15-27-30/h1-7,10,15H,8-9,12-14H2. The van der Waals surface area contributed by atoms with Crippen LogP contribution >= 0.6 is 11.6 Å². The van der Waals surface area contributed by atoms with Gasteiger partial charge < -0.3 is 0 Å². The van der Waals surface area contributed by atoms with Gasteiger partial charge in [0, 0.05) is 31.1 Å². The number of aromatic nitrogens is 4. The largest absolute Gasteiger partial charge is 0.294 e. The summed E-state index contributed by atoms with van der Waals surface area (Å²) in [4.78, 5) is 20.1. The smallest absolute Gasteiger partial charge is 0.260 e. The summed E-state index contributed by atoms with van der Waals surface area (Å²) in [5.41, 5.74) is 4.30. The SMILES string of the molecule is N#Cc1cccc(CN2CCc3c(c(=O)n(Cc4ccc(Cl)cc4)c4ncnn34)C2)c1. The lowest BCUT2D eigenvalue weighted by molar-refractivity contribution is 0.239. The highest BCUT2D eigenvalue weighted by atomic mass is 35.5. The van der Waals surface area contributed by atoms with E-state index in [9.17, 15) is 4.79 Å². The highest BCUT2D eigenvalue weighted by Gasteiger charge is 2.25. The molecule has 0 saturated carbocycles. The summed E-state index contributed by atoms with van der Waals surface area (Å²) in [6.45, 7) is 2.41. The van der Waals surface area contributed by atoms with E-state index < -0.39 is 0 Å². The lowest BCUT2D eigenvalue weighted by atomic mass is 10.0. The molecule has 0 N–H and O–H groups in total. The molecule has 154 valence electrons. The van der Waals surface area contributed by atoms with Crippen LogP contribution in [-0.2, 0) is 26.1 Å². The highest BCUT2D eigenvalue weighted by molar-refractivity contribution is 6.30. The van der Waals surface area contributed by atoms with Gasteiger partial charge >= 0.3 is 0 Å². The fourth-order valence-electron chi connectivity index (χ4n) is 4.14. The van der Waals surface area contributed by atoms with Crippen molar-refractivity contribution >= 4 is 17.4 Å².